The Morgan fingerprint density at radius 3 is 2.50 bits per heavy atom. The molecule has 0 aliphatic heterocycles. The molecule has 2 saturated carbocycles. The lowest BCUT2D eigenvalue weighted by atomic mass is 9.86. The van der Waals surface area contributed by atoms with Gasteiger partial charge in [0.15, 0.2) is 0 Å². The molecule has 2 rings (SSSR count). The van der Waals surface area contributed by atoms with Crippen molar-refractivity contribution in [2.75, 3.05) is 7.11 Å². The van der Waals surface area contributed by atoms with Gasteiger partial charge in [-0.15, -0.1) is 0 Å². The third-order valence-electron chi connectivity index (χ3n) is 4.86. The van der Waals surface area contributed by atoms with Crippen LogP contribution in [0.4, 0.5) is 0 Å². The number of amides is 1. The number of hydrogen-bond donors (Lipinski definition) is 1. The molecular formula is C16H27NO3. The van der Waals surface area contributed by atoms with Crippen molar-refractivity contribution in [1.82, 2.24) is 5.32 Å². The van der Waals surface area contributed by atoms with E-state index >= 15 is 0 Å². The molecule has 4 unspecified atom stereocenters. The molecule has 0 heterocycles. The molecule has 4 atom stereocenters. The summed E-state index contributed by atoms with van der Waals surface area (Å²) in [6, 6.07) is -0.494. The number of carbonyl (C=O) groups excluding carboxylic acids is 2. The van der Waals surface area contributed by atoms with E-state index in [9.17, 15) is 9.59 Å². The molecule has 4 nitrogen and oxygen atoms in total. The van der Waals surface area contributed by atoms with Crippen molar-refractivity contribution in [3.05, 3.63) is 0 Å². The minimum absolute atomic E-state index is 0.0126. The van der Waals surface area contributed by atoms with Crippen LogP contribution < -0.4 is 5.32 Å². The number of methoxy groups -OCH3 is 1. The van der Waals surface area contributed by atoms with Gasteiger partial charge in [-0.1, -0.05) is 20.3 Å². The van der Waals surface area contributed by atoms with E-state index in [2.05, 4.69) is 5.32 Å². The van der Waals surface area contributed by atoms with E-state index in [1.807, 2.05) is 13.8 Å². The van der Waals surface area contributed by atoms with E-state index in [4.69, 9.17) is 4.74 Å². The fourth-order valence-corrected chi connectivity index (χ4v) is 3.95. The molecule has 1 N–H and O–H groups in total. The number of hydrogen-bond acceptors (Lipinski definition) is 3. The van der Waals surface area contributed by atoms with Crippen LogP contribution in [0, 0.1) is 23.7 Å². The molecule has 0 radical (unpaired) electrons. The van der Waals surface area contributed by atoms with Gasteiger partial charge < -0.3 is 10.1 Å². The van der Waals surface area contributed by atoms with E-state index < -0.39 is 6.04 Å². The summed E-state index contributed by atoms with van der Waals surface area (Å²) in [6.07, 6.45) is 6.35. The maximum absolute atomic E-state index is 12.2. The molecule has 0 aromatic carbocycles. The van der Waals surface area contributed by atoms with Crippen LogP contribution in [-0.2, 0) is 14.3 Å². The van der Waals surface area contributed by atoms with Crippen molar-refractivity contribution in [2.24, 2.45) is 23.7 Å². The lowest BCUT2D eigenvalue weighted by molar-refractivity contribution is -0.145. The Hall–Kier alpha value is -1.06. The van der Waals surface area contributed by atoms with Crippen LogP contribution in [0.25, 0.3) is 0 Å². The molecule has 0 saturated heterocycles. The summed E-state index contributed by atoms with van der Waals surface area (Å²) in [5.41, 5.74) is 0. The highest BCUT2D eigenvalue weighted by Crippen LogP contribution is 2.49. The first-order valence-electron chi connectivity index (χ1n) is 7.86. The quantitative estimate of drug-likeness (QED) is 0.761. The summed E-state index contributed by atoms with van der Waals surface area (Å²) in [7, 11) is 1.37. The zero-order valence-electron chi connectivity index (χ0n) is 12.9. The van der Waals surface area contributed by atoms with Gasteiger partial charge in [-0.2, -0.15) is 0 Å². The number of fused-ring (bicyclic) bond motifs is 2. The minimum Gasteiger partial charge on any atom is -0.467 e. The number of rotatable bonds is 6. The molecule has 2 aliphatic carbocycles. The molecule has 2 bridgehead atoms. The SMILES string of the molecule is COC(=O)C(CC(C)C)NC(=O)CC1CC2CCC1C2. The maximum Gasteiger partial charge on any atom is 0.328 e. The molecule has 0 aromatic rings. The Balaban J connectivity index is 1.83. The van der Waals surface area contributed by atoms with Crippen molar-refractivity contribution in [1.29, 1.82) is 0 Å². The van der Waals surface area contributed by atoms with E-state index in [-0.39, 0.29) is 11.9 Å². The smallest absolute Gasteiger partial charge is 0.328 e. The first-order valence-corrected chi connectivity index (χ1v) is 7.86. The summed E-state index contributed by atoms with van der Waals surface area (Å²) < 4.78 is 4.78. The van der Waals surface area contributed by atoms with E-state index in [1.54, 1.807) is 0 Å². The highest BCUT2D eigenvalue weighted by molar-refractivity contribution is 5.84. The van der Waals surface area contributed by atoms with Gasteiger partial charge in [0.25, 0.3) is 0 Å². The number of ether oxygens (including phenoxy) is 1. The Labute approximate surface area is 121 Å². The van der Waals surface area contributed by atoms with Crippen LogP contribution in [0.3, 0.4) is 0 Å². The van der Waals surface area contributed by atoms with Gasteiger partial charge in [-0.3, -0.25) is 4.79 Å². The van der Waals surface area contributed by atoms with Crippen molar-refractivity contribution in [2.45, 2.75) is 58.4 Å². The fourth-order valence-electron chi connectivity index (χ4n) is 3.95. The second-order valence-electron chi connectivity index (χ2n) is 6.91. The zero-order chi connectivity index (χ0) is 14.7. The van der Waals surface area contributed by atoms with E-state index in [0.29, 0.717) is 24.7 Å². The van der Waals surface area contributed by atoms with Gasteiger partial charge in [-0.05, 0) is 49.4 Å². The minimum atomic E-state index is -0.494. The summed E-state index contributed by atoms with van der Waals surface area (Å²) in [4.78, 5) is 23.9. The Morgan fingerprint density at radius 1 is 1.25 bits per heavy atom. The first kappa shape index (κ1) is 15.3. The Morgan fingerprint density at radius 2 is 2.00 bits per heavy atom. The largest absolute Gasteiger partial charge is 0.467 e. The van der Waals surface area contributed by atoms with Gasteiger partial charge in [0.05, 0.1) is 7.11 Å². The summed E-state index contributed by atoms with van der Waals surface area (Å²) >= 11 is 0. The average Bonchev–Trinajstić information content (AvgIpc) is 2.98. The maximum atomic E-state index is 12.2. The summed E-state index contributed by atoms with van der Waals surface area (Å²) in [5, 5.41) is 2.87. The lowest BCUT2D eigenvalue weighted by Gasteiger charge is -2.23. The van der Waals surface area contributed by atoms with Crippen molar-refractivity contribution >= 4 is 11.9 Å². The Kier molecular flexibility index (Phi) is 5.06. The molecule has 2 fully saturated rings. The molecule has 114 valence electrons. The standard InChI is InChI=1S/C16H27NO3/c1-10(2)6-14(16(19)20-3)17-15(18)9-13-8-11-4-5-12(13)7-11/h10-14H,4-9H2,1-3H3,(H,17,18). The first-order chi connectivity index (χ1) is 9.49. The van der Waals surface area contributed by atoms with Gasteiger partial charge in [0.1, 0.15) is 6.04 Å². The molecule has 1 amide bonds. The molecule has 0 spiro atoms. The highest BCUT2D eigenvalue weighted by atomic mass is 16.5. The Bertz CT molecular complexity index is 367. The van der Waals surface area contributed by atoms with Crippen LogP contribution in [0.15, 0.2) is 0 Å². The third kappa shape index (κ3) is 3.74. The van der Waals surface area contributed by atoms with Crippen LogP contribution >= 0.6 is 0 Å². The average molecular weight is 281 g/mol. The summed E-state index contributed by atoms with van der Waals surface area (Å²) in [6.45, 7) is 4.08. The second-order valence-corrected chi connectivity index (χ2v) is 6.91. The predicted molar refractivity (Wildman–Crippen MR) is 77.0 cm³/mol. The lowest BCUT2D eigenvalue weighted by Crippen LogP contribution is -2.43. The molecule has 20 heavy (non-hydrogen) atoms. The molecule has 2 aliphatic rings. The molecular weight excluding hydrogens is 254 g/mol. The zero-order valence-corrected chi connectivity index (χ0v) is 12.9. The van der Waals surface area contributed by atoms with Crippen LogP contribution in [0.1, 0.15) is 52.4 Å². The van der Waals surface area contributed by atoms with Gasteiger partial charge in [0.2, 0.25) is 5.91 Å². The molecule has 4 heteroatoms. The molecule has 0 aromatic heterocycles. The summed E-state index contributed by atoms with van der Waals surface area (Å²) in [5.74, 6) is 2.16. The van der Waals surface area contributed by atoms with Crippen molar-refractivity contribution in [3.63, 3.8) is 0 Å². The van der Waals surface area contributed by atoms with Crippen LogP contribution in [-0.4, -0.2) is 25.0 Å². The third-order valence-corrected chi connectivity index (χ3v) is 4.86. The number of esters is 1. The number of carbonyl (C=O) groups is 2. The van der Waals surface area contributed by atoms with Gasteiger partial charge in [-0.25, -0.2) is 4.79 Å². The monoisotopic (exact) mass is 281 g/mol. The van der Waals surface area contributed by atoms with Gasteiger partial charge in [0, 0.05) is 6.42 Å². The fraction of sp³-hybridized carbons (Fsp3) is 0.875. The van der Waals surface area contributed by atoms with Crippen molar-refractivity contribution < 1.29 is 14.3 Å². The van der Waals surface area contributed by atoms with Crippen LogP contribution in [0.2, 0.25) is 0 Å². The highest BCUT2D eigenvalue weighted by Gasteiger charge is 2.40. The van der Waals surface area contributed by atoms with E-state index in [1.165, 1.54) is 32.8 Å². The van der Waals surface area contributed by atoms with Gasteiger partial charge >= 0.3 is 5.97 Å². The van der Waals surface area contributed by atoms with Crippen LogP contribution in [0.5, 0.6) is 0 Å². The van der Waals surface area contributed by atoms with Crippen molar-refractivity contribution in [3.8, 4) is 0 Å². The second kappa shape index (κ2) is 6.59. The number of nitrogens with one attached hydrogen (secondary N) is 1. The van der Waals surface area contributed by atoms with E-state index in [0.717, 1.165) is 11.8 Å². The normalized spacial score (nSPS) is 29.5. The topological polar surface area (TPSA) is 55.4 Å². The predicted octanol–water partition coefficient (Wildman–Crippen LogP) is 2.52.